The Morgan fingerprint density at radius 1 is 1.02 bits per heavy atom. The first-order valence-corrected chi connectivity index (χ1v) is 16.8. The SMILES string of the molecule is C/C=C(\C=C(/N(C)C)C(F)(F)F)NC(=O)CCCc1ccc(NC(=O)c2ccc(C)cn2)cc1.CN1C(C)(C)CC(C2CC2)CC1(C)C.[HH].[HH].[HH]. The van der Waals surface area contributed by atoms with Crippen molar-refractivity contribution in [1.29, 1.82) is 0 Å². The van der Waals surface area contributed by atoms with E-state index in [0.29, 0.717) is 35.3 Å². The Balaban J connectivity index is 0.00000123. The fraction of sp³-hybridized carbons (Fsp3) is 0.553. The van der Waals surface area contributed by atoms with Crippen molar-refractivity contribution < 1.29 is 27.0 Å². The van der Waals surface area contributed by atoms with E-state index in [2.05, 4.69) is 55.3 Å². The van der Waals surface area contributed by atoms with Gasteiger partial charge < -0.3 is 15.5 Å². The summed E-state index contributed by atoms with van der Waals surface area (Å²) in [4.78, 5) is 32.1. The number of allylic oxidation sites excluding steroid dienone is 3. The van der Waals surface area contributed by atoms with Crippen LogP contribution in [0.5, 0.6) is 0 Å². The summed E-state index contributed by atoms with van der Waals surface area (Å²) in [7, 11) is 4.89. The van der Waals surface area contributed by atoms with Crippen molar-refractivity contribution in [3.05, 3.63) is 83.0 Å². The molecule has 0 unspecified atom stereocenters. The number of carbonyl (C=O) groups is 2. The number of rotatable bonds is 10. The van der Waals surface area contributed by atoms with Gasteiger partial charge in [0.25, 0.3) is 5.91 Å². The Bertz CT molecular complexity index is 1440. The topological polar surface area (TPSA) is 77.6 Å². The average Bonchev–Trinajstić information content (AvgIpc) is 3.84. The van der Waals surface area contributed by atoms with Crippen LogP contribution in [0.15, 0.2) is 66.1 Å². The summed E-state index contributed by atoms with van der Waals surface area (Å²) in [5.74, 6) is 1.40. The van der Waals surface area contributed by atoms with Gasteiger partial charge in [-0.3, -0.25) is 19.5 Å². The number of carbonyl (C=O) groups excluding carboxylic acids is 2. The van der Waals surface area contributed by atoms with Crippen molar-refractivity contribution in [3.8, 4) is 0 Å². The number of pyridine rings is 1. The molecule has 7 nitrogen and oxygen atoms in total. The molecule has 0 atom stereocenters. The number of nitrogens with zero attached hydrogens (tertiary/aromatic N) is 3. The molecule has 0 bridgehead atoms. The lowest BCUT2D eigenvalue weighted by atomic mass is 9.72. The van der Waals surface area contributed by atoms with E-state index >= 15 is 0 Å². The molecule has 2 aromatic rings. The molecule has 2 N–H and O–H groups in total. The maximum absolute atomic E-state index is 13.1. The molecule has 0 radical (unpaired) electrons. The second-order valence-corrected chi connectivity index (χ2v) is 14.6. The number of anilines is 1. The van der Waals surface area contributed by atoms with E-state index < -0.39 is 11.9 Å². The third-order valence-electron chi connectivity index (χ3n) is 9.51. The molecule has 1 aromatic carbocycles. The van der Waals surface area contributed by atoms with Gasteiger partial charge in [0.05, 0.1) is 0 Å². The zero-order valence-corrected chi connectivity index (χ0v) is 30.1. The van der Waals surface area contributed by atoms with E-state index in [1.54, 1.807) is 31.3 Å². The minimum Gasteiger partial charge on any atom is -0.374 e. The van der Waals surface area contributed by atoms with E-state index in [9.17, 15) is 22.8 Å². The molecule has 1 aliphatic heterocycles. The monoisotopic (exact) mass is 675 g/mol. The maximum Gasteiger partial charge on any atom is 0.431 e. The number of halogens is 3. The van der Waals surface area contributed by atoms with Crippen molar-refractivity contribution >= 4 is 17.5 Å². The Morgan fingerprint density at radius 3 is 2.10 bits per heavy atom. The number of piperidine rings is 1. The number of amides is 2. The number of aromatic nitrogens is 1. The highest BCUT2D eigenvalue weighted by molar-refractivity contribution is 6.02. The number of benzene rings is 1. The van der Waals surface area contributed by atoms with Gasteiger partial charge in [0.2, 0.25) is 5.91 Å². The minimum absolute atomic E-state index is 0. The average molecular weight is 676 g/mol. The van der Waals surface area contributed by atoms with Crippen LogP contribution >= 0.6 is 0 Å². The first-order chi connectivity index (χ1) is 22.3. The number of hydrogen-bond acceptors (Lipinski definition) is 5. The van der Waals surface area contributed by atoms with Gasteiger partial charge in [-0.05, 0) is 134 Å². The van der Waals surface area contributed by atoms with Gasteiger partial charge in [-0.2, -0.15) is 13.2 Å². The molecule has 2 amide bonds. The highest BCUT2D eigenvalue weighted by Gasteiger charge is 2.47. The molecular weight excluding hydrogens is 615 g/mol. The first kappa shape index (κ1) is 38.8. The van der Waals surface area contributed by atoms with Crippen molar-refractivity contribution in [3.63, 3.8) is 0 Å². The lowest BCUT2D eigenvalue weighted by Gasteiger charge is -2.54. The molecule has 2 aliphatic rings. The molecule has 0 spiro atoms. The van der Waals surface area contributed by atoms with E-state index in [-0.39, 0.29) is 28.2 Å². The number of aryl methyl sites for hydroxylation is 2. The normalized spacial score (nSPS) is 18.4. The van der Waals surface area contributed by atoms with Crippen LogP contribution in [0.3, 0.4) is 0 Å². The predicted molar refractivity (Wildman–Crippen MR) is 194 cm³/mol. The summed E-state index contributed by atoms with van der Waals surface area (Å²) in [6.45, 7) is 13.1. The molecule has 1 aliphatic carbocycles. The van der Waals surface area contributed by atoms with Gasteiger partial charge in [-0.25, -0.2) is 0 Å². The van der Waals surface area contributed by atoms with Crippen LogP contribution in [0.25, 0.3) is 0 Å². The number of nitrogens with one attached hydrogen (secondary N) is 2. The first-order valence-electron chi connectivity index (χ1n) is 16.8. The second kappa shape index (κ2) is 16.2. The Morgan fingerprint density at radius 2 is 1.62 bits per heavy atom. The van der Waals surface area contributed by atoms with E-state index in [4.69, 9.17) is 0 Å². The summed E-state index contributed by atoms with van der Waals surface area (Å²) < 4.78 is 39.4. The van der Waals surface area contributed by atoms with Crippen molar-refractivity contribution in [2.75, 3.05) is 26.5 Å². The Labute approximate surface area is 289 Å². The zero-order valence-electron chi connectivity index (χ0n) is 30.1. The molecule has 270 valence electrons. The summed E-state index contributed by atoms with van der Waals surface area (Å²) in [5, 5.41) is 5.31. The van der Waals surface area contributed by atoms with Gasteiger partial charge in [-0.15, -0.1) is 0 Å². The Kier molecular flexibility index (Phi) is 13.1. The molecule has 10 heteroatoms. The molecule has 48 heavy (non-hydrogen) atoms. The standard InChI is InChI=1S/C25H29F3N4O2.C13H25N.3H2/c1-5-19(15-22(32(3)4)25(26,27)28)30-23(33)8-6-7-18-10-12-20(13-11-18)31-24(34)21-14-9-17(2)16-29-21;1-12(2)8-11(10-6-7-10)9-13(3,4)14(12)5;;;/h5,9-16H,6-8H2,1-4H3,(H,30,33)(H,31,34);10-11H,6-9H2,1-5H3;3*1H/b19-5+,22-15-;;;;. The molecule has 1 aromatic heterocycles. The summed E-state index contributed by atoms with van der Waals surface area (Å²) in [6, 6.07) is 10.7. The minimum atomic E-state index is -4.52. The largest absolute Gasteiger partial charge is 0.431 e. The van der Waals surface area contributed by atoms with Crippen molar-refractivity contribution in [2.45, 2.75) is 104 Å². The fourth-order valence-electron chi connectivity index (χ4n) is 6.38. The Hall–Kier alpha value is -3.66. The molecule has 4 rings (SSSR count). The lowest BCUT2D eigenvalue weighted by molar-refractivity contribution is -0.120. The molecule has 2 fully saturated rings. The van der Waals surface area contributed by atoms with Crippen LogP contribution < -0.4 is 10.6 Å². The van der Waals surface area contributed by atoms with Gasteiger partial charge in [0.1, 0.15) is 11.4 Å². The maximum atomic E-state index is 13.1. The van der Waals surface area contributed by atoms with E-state index in [1.807, 2.05) is 25.1 Å². The molecular formula is C38H60F3N5O2. The quantitative estimate of drug-likeness (QED) is 0.246. The summed E-state index contributed by atoms with van der Waals surface area (Å²) in [5.41, 5.74) is 2.92. The van der Waals surface area contributed by atoms with Gasteiger partial charge >= 0.3 is 6.18 Å². The smallest absolute Gasteiger partial charge is 0.374 e. The number of likely N-dealkylation sites (tertiary alicyclic amines) is 1. The van der Waals surface area contributed by atoms with Crippen LogP contribution in [0.4, 0.5) is 18.9 Å². The summed E-state index contributed by atoms with van der Waals surface area (Å²) in [6.07, 6.45) is 6.52. The van der Waals surface area contributed by atoms with E-state index in [0.717, 1.165) is 33.9 Å². The van der Waals surface area contributed by atoms with Gasteiger partial charge in [0.15, 0.2) is 0 Å². The van der Waals surface area contributed by atoms with Crippen molar-refractivity contribution in [2.24, 2.45) is 11.8 Å². The molecule has 2 heterocycles. The zero-order chi connectivity index (χ0) is 35.9. The van der Waals surface area contributed by atoms with Crippen molar-refractivity contribution in [1.82, 2.24) is 20.1 Å². The third kappa shape index (κ3) is 11.5. The van der Waals surface area contributed by atoms with E-state index in [1.165, 1.54) is 45.9 Å². The fourth-order valence-corrected chi connectivity index (χ4v) is 6.38. The van der Waals surface area contributed by atoms with Crippen LogP contribution in [0.1, 0.15) is 99.0 Å². The molecule has 1 saturated heterocycles. The van der Waals surface area contributed by atoms with Crippen LogP contribution in [0.2, 0.25) is 0 Å². The van der Waals surface area contributed by atoms with Gasteiger partial charge in [0, 0.05) is 53.5 Å². The highest BCUT2D eigenvalue weighted by Crippen LogP contribution is 2.49. The van der Waals surface area contributed by atoms with Crippen LogP contribution in [-0.2, 0) is 11.2 Å². The van der Waals surface area contributed by atoms with Crippen LogP contribution in [-0.4, -0.2) is 65.0 Å². The van der Waals surface area contributed by atoms with Crippen LogP contribution in [0, 0.1) is 18.8 Å². The predicted octanol–water partition coefficient (Wildman–Crippen LogP) is 9.03. The summed E-state index contributed by atoms with van der Waals surface area (Å²) >= 11 is 0. The third-order valence-corrected chi connectivity index (χ3v) is 9.51. The number of alkyl halides is 3. The lowest BCUT2D eigenvalue weighted by Crippen LogP contribution is -2.58. The number of hydrogen-bond donors (Lipinski definition) is 2. The molecule has 1 saturated carbocycles. The van der Waals surface area contributed by atoms with Gasteiger partial charge in [-0.1, -0.05) is 24.3 Å². The highest BCUT2D eigenvalue weighted by atomic mass is 19.4. The second-order valence-electron chi connectivity index (χ2n) is 14.6.